The highest BCUT2D eigenvalue weighted by Crippen LogP contribution is 2.36. The van der Waals surface area contributed by atoms with E-state index >= 15 is 0 Å². The second-order valence-electron chi connectivity index (χ2n) is 10.2. The maximum atomic E-state index is 13.6. The standard InChI is InChI=1S/C27H24F6N6O5/c28-26(29,30)17-8-16(9-18(10-17)27(31,32)33)14-44-25(43)38-7-6-22(40)39-19(11-20-34-24(42)36-35-20)23(41)37(13-21(38)39)12-15-4-2-1-3-5-15/h1-5,8-10,19,21H,6-7,11-14H2,(H2,34,35,36,42)/t19-,21?/m0/s1. The Kier molecular flexibility index (Phi) is 8.13. The molecule has 0 radical (unpaired) electrons. The number of halogens is 6. The third kappa shape index (κ3) is 6.55. The van der Waals surface area contributed by atoms with Crippen LogP contribution in [0.15, 0.2) is 53.3 Å². The summed E-state index contributed by atoms with van der Waals surface area (Å²) in [7, 11) is 0. The van der Waals surface area contributed by atoms with Gasteiger partial charge in [-0.3, -0.25) is 19.5 Å². The quantitative estimate of drug-likeness (QED) is 0.404. The molecule has 3 heterocycles. The van der Waals surface area contributed by atoms with Gasteiger partial charge in [-0.15, -0.1) is 0 Å². The molecule has 0 saturated carbocycles. The summed E-state index contributed by atoms with van der Waals surface area (Å²) in [5.41, 5.74) is -3.57. The van der Waals surface area contributed by atoms with Crippen LogP contribution in [0.4, 0.5) is 31.1 Å². The maximum absolute atomic E-state index is 13.6. The summed E-state index contributed by atoms with van der Waals surface area (Å²) in [6.45, 7) is -1.18. The second-order valence-corrected chi connectivity index (χ2v) is 10.2. The number of alkyl halides is 6. The molecule has 234 valence electrons. The molecular formula is C27H24F6N6O5. The third-order valence-electron chi connectivity index (χ3n) is 7.25. The van der Waals surface area contributed by atoms with Crippen molar-refractivity contribution < 1.29 is 45.5 Å². The Labute approximate surface area is 244 Å². The Morgan fingerprint density at radius 2 is 1.61 bits per heavy atom. The first-order valence-corrected chi connectivity index (χ1v) is 13.2. The zero-order valence-corrected chi connectivity index (χ0v) is 22.6. The summed E-state index contributed by atoms with van der Waals surface area (Å²) >= 11 is 0. The highest BCUT2D eigenvalue weighted by atomic mass is 19.4. The van der Waals surface area contributed by atoms with Crippen LogP contribution in [0.25, 0.3) is 0 Å². The molecule has 3 aromatic rings. The van der Waals surface area contributed by atoms with Crippen LogP contribution in [0.2, 0.25) is 0 Å². The molecule has 1 aromatic heterocycles. The van der Waals surface area contributed by atoms with Gasteiger partial charge in [0.1, 0.15) is 24.6 Å². The minimum atomic E-state index is -5.09. The molecule has 0 aliphatic carbocycles. The van der Waals surface area contributed by atoms with E-state index in [-0.39, 0.29) is 44.4 Å². The first kappa shape index (κ1) is 30.6. The summed E-state index contributed by atoms with van der Waals surface area (Å²) in [4.78, 5) is 57.7. The Bertz CT molecular complexity index is 1570. The highest BCUT2D eigenvalue weighted by Gasteiger charge is 2.49. The van der Waals surface area contributed by atoms with Crippen molar-refractivity contribution in [1.29, 1.82) is 0 Å². The summed E-state index contributed by atoms with van der Waals surface area (Å²) in [6.07, 6.45) is -12.8. The molecule has 2 aliphatic rings. The van der Waals surface area contributed by atoms with Crippen LogP contribution in [-0.2, 0) is 46.3 Å². The first-order valence-electron chi connectivity index (χ1n) is 13.2. The van der Waals surface area contributed by atoms with Crippen molar-refractivity contribution in [3.05, 3.63) is 87.1 Å². The normalized spacial score (nSPS) is 19.3. The minimum Gasteiger partial charge on any atom is -0.444 e. The number of aromatic amines is 2. The van der Waals surface area contributed by atoms with Crippen LogP contribution in [0.3, 0.4) is 0 Å². The molecule has 44 heavy (non-hydrogen) atoms. The molecular weight excluding hydrogens is 602 g/mol. The largest absolute Gasteiger partial charge is 0.444 e. The molecule has 2 aromatic carbocycles. The van der Waals surface area contributed by atoms with Gasteiger partial charge in [0.2, 0.25) is 11.8 Å². The number of H-pyrrole nitrogens is 2. The first-order chi connectivity index (χ1) is 20.7. The van der Waals surface area contributed by atoms with Gasteiger partial charge < -0.3 is 14.5 Å². The van der Waals surface area contributed by atoms with E-state index in [0.717, 1.165) is 10.5 Å². The molecule has 17 heteroatoms. The van der Waals surface area contributed by atoms with E-state index in [1.54, 1.807) is 30.3 Å². The molecule has 11 nitrogen and oxygen atoms in total. The number of carbonyl (C=O) groups excluding carboxylic acids is 3. The van der Waals surface area contributed by atoms with Gasteiger partial charge in [0.15, 0.2) is 0 Å². The van der Waals surface area contributed by atoms with E-state index in [1.165, 1.54) is 9.80 Å². The van der Waals surface area contributed by atoms with E-state index < -0.39 is 71.5 Å². The van der Waals surface area contributed by atoms with Crippen LogP contribution >= 0.6 is 0 Å². The van der Waals surface area contributed by atoms with Crippen molar-refractivity contribution in [2.24, 2.45) is 0 Å². The topological polar surface area (TPSA) is 132 Å². The summed E-state index contributed by atoms with van der Waals surface area (Å²) in [5.74, 6) is -0.894. The number of nitrogens with one attached hydrogen (secondary N) is 2. The molecule has 2 atom stereocenters. The minimum absolute atomic E-state index is 0.0352. The van der Waals surface area contributed by atoms with E-state index in [9.17, 15) is 45.5 Å². The Morgan fingerprint density at radius 3 is 2.20 bits per heavy atom. The lowest BCUT2D eigenvalue weighted by atomic mass is 10.0. The average Bonchev–Trinajstić information content (AvgIpc) is 3.38. The number of amides is 3. The fourth-order valence-corrected chi connectivity index (χ4v) is 5.26. The second kappa shape index (κ2) is 11.7. The summed E-state index contributed by atoms with van der Waals surface area (Å²) in [6, 6.07) is 8.50. The van der Waals surface area contributed by atoms with Gasteiger partial charge in [0.25, 0.3) is 0 Å². The van der Waals surface area contributed by atoms with E-state index in [0.29, 0.717) is 12.1 Å². The summed E-state index contributed by atoms with van der Waals surface area (Å²) in [5, 5.41) is 5.99. The zero-order chi connectivity index (χ0) is 31.8. The van der Waals surface area contributed by atoms with Crippen LogP contribution in [0.5, 0.6) is 0 Å². The number of ether oxygens (including phenoxy) is 1. The lowest BCUT2D eigenvalue weighted by Gasteiger charge is -2.51. The van der Waals surface area contributed by atoms with Gasteiger partial charge in [-0.1, -0.05) is 30.3 Å². The molecule has 2 N–H and O–H groups in total. The fourth-order valence-electron chi connectivity index (χ4n) is 5.26. The van der Waals surface area contributed by atoms with Crippen LogP contribution in [-0.4, -0.2) is 73.1 Å². The number of piperazine rings is 1. The van der Waals surface area contributed by atoms with Crippen LogP contribution in [0, 0.1) is 0 Å². The number of rotatable bonds is 6. The molecule has 2 fully saturated rings. The Morgan fingerprint density at radius 1 is 0.955 bits per heavy atom. The Balaban J connectivity index is 1.41. The van der Waals surface area contributed by atoms with Crippen molar-refractivity contribution in [2.75, 3.05) is 13.1 Å². The maximum Gasteiger partial charge on any atom is 0.416 e. The van der Waals surface area contributed by atoms with Gasteiger partial charge in [-0.2, -0.15) is 31.4 Å². The van der Waals surface area contributed by atoms with Crippen molar-refractivity contribution in [1.82, 2.24) is 29.9 Å². The van der Waals surface area contributed by atoms with Crippen LogP contribution in [0.1, 0.15) is 34.5 Å². The lowest BCUT2D eigenvalue weighted by molar-refractivity contribution is -0.168. The van der Waals surface area contributed by atoms with Crippen LogP contribution < -0.4 is 5.69 Å². The van der Waals surface area contributed by atoms with E-state index in [2.05, 4.69) is 15.2 Å². The van der Waals surface area contributed by atoms with Gasteiger partial charge in [-0.05, 0) is 29.3 Å². The number of hydrogen-bond acceptors (Lipinski definition) is 6. The zero-order valence-electron chi connectivity index (χ0n) is 22.6. The number of fused-ring (bicyclic) bond motifs is 1. The van der Waals surface area contributed by atoms with Crippen molar-refractivity contribution in [3.63, 3.8) is 0 Å². The lowest BCUT2D eigenvalue weighted by Crippen LogP contribution is -2.71. The predicted molar refractivity (Wildman–Crippen MR) is 137 cm³/mol. The van der Waals surface area contributed by atoms with Gasteiger partial charge in [0.05, 0.1) is 17.7 Å². The third-order valence-corrected chi connectivity index (χ3v) is 7.25. The number of aromatic nitrogens is 3. The molecule has 0 bridgehead atoms. The average molecular weight is 627 g/mol. The molecule has 2 aliphatic heterocycles. The van der Waals surface area contributed by atoms with E-state index in [4.69, 9.17) is 4.74 Å². The highest BCUT2D eigenvalue weighted by molar-refractivity contribution is 5.90. The molecule has 3 amide bonds. The molecule has 0 spiro atoms. The number of benzene rings is 2. The molecule has 5 rings (SSSR count). The predicted octanol–water partition coefficient (Wildman–Crippen LogP) is 3.29. The molecule has 2 saturated heterocycles. The van der Waals surface area contributed by atoms with Crippen molar-refractivity contribution in [3.8, 4) is 0 Å². The SMILES string of the molecule is O=C1[C@H](Cc2n[nH]c(=O)[nH]2)N2C(=O)CCN(C(=O)OCc3cc(C(F)(F)F)cc(C(F)(F)F)c3)C2CN1Cc1ccccc1. The Hall–Kier alpha value is -4.83. The monoisotopic (exact) mass is 626 g/mol. The van der Waals surface area contributed by atoms with Gasteiger partial charge in [-0.25, -0.2) is 14.7 Å². The smallest absolute Gasteiger partial charge is 0.416 e. The van der Waals surface area contributed by atoms with Crippen molar-refractivity contribution >= 4 is 17.9 Å². The van der Waals surface area contributed by atoms with E-state index in [1.807, 2.05) is 0 Å². The summed E-state index contributed by atoms with van der Waals surface area (Å²) < 4.78 is 84.9. The number of carbonyl (C=O) groups is 3. The number of nitrogens with zero attached hydrogens (tertiary/aromatic N) is 4. The van der Waals surface area contributed by atoms with Gasteiger partial charge >= 0.3 is 24.1 Å². The molecule has 1 unspecified atom stereocenters. The number of hydrogen-bond donors (Lipinski definition) is 2. The van der Waals surface area contributed by atoms with Gasteiger partial charge in [0, 0.05) is 25.9 Å². The fraction of sp³-hybridized carbons (Fsp3) is 0.370. The van der Waals surface area contributed by atoms with Crippen molar-refractivity contribution in [2.45, 2.75) is 50.6 Å².